The topological polar surface area (TPSA) is 110 Å². The van der Waals surface area contributed by atoms with Gasteiger partial charge in [0.2, 0.25) is 0 Å². The lowest BCUT2D eigenvalue weighted by Crippen LogP contribution is -2.61. The van der Waals surface area contributed by atoms with Crippen LogP contribution in [0.4, 0.5) is 4.79 Å². The Kier molecular flexibility index (Phi) is 7.79. The Morgan fingerprint density at radius 2 is 1.77 bits per heavy atom. The summed E-state index contributed by atoms with van der Waals surface area (Å²) >= 11 is 0. The average Bonchev–Trinajstić information content (AvgIpc) is 3.14. The molecule has 4 rings (SSSR count). The van der Waals surface area contributed by atoms with E-state index in [1.807, 2.05) is 0 Å². The van der Waals surface area contributed by atoms with Crippen LogP contribution < -0.4 is 10.6 Å². The Bertz CT molecular complexity index is 550. The van der Waals surface area contributed by atoms with Gasteiger partial charge in [-0.2, -0.15) is 0 Å². The number of ether oxygens (including phenoxy) is 2. The van der Waals surface area contributed by atoms with Crippen LogP contribution in [-0.2, 0) is 9.47 Å². The smallest absolute Gasteiger partial charge is 0.317 e. The molecular formula is C20H37N5O5. The van der Waals surface area contributed by atoms with Crippen LogP contribution in [0.2, 0.25) is 0 Å². The number of hydrogen-bond donors (Lipinski definition) is 4. The molecule has 5 atom stereocenters. The van der Waals surface area contributed by atoms with Crippen molar-refractivity contribution in [2.24, 2.45) is 0 Å². The van der Waals surface area contributed by atoms with Gasteiger partial charge in [0.25, 0.3) is 0 Å². The number of aliphatic hydroxyl groups excluding tert-OH is 2. The molecule has 4 aliphatic heterocycles. The van der Waals surface area contributed by atoms with Crippen molar-refractivity contribution in [2.45, 2.75) is 49.8 Å². The van der Waals surface area contributed by atoms with Crippen molar-refractivity contribution in [3.8, 4) is 0 Å². The SMILES string of the molecule is O=C(NCC1OC(CO)C(O)C1N1CCN(C2CCCCN2)CC1)N1CCOCC1. The van der Waals surface area contributed by atoms with Crippen LogP contribution in [0.1, 0.15) is 19.3 Å². The van der Waals surface area contributed by atoms with Gasteiger partial charge >= 0.3 is 6.03 Å². The monoisotopic (exact) mass is 427 g/mol. The molecule has 4 heterocycles. The van der Waals surface area contributed by atoms with Gasteiger partial charge in [0, 0.05) is 45.8 Å². The van der Waals surface area contributed by atoms with Crippen LogP contribution in [0.25, 0.3) is 0 Å². The Hall–Kier alpha value is -1.01. The predicted octanol–water partition coefficient (Wildman–Crippen LogP) is -1.77. The predicted molar refractivity (Wildman–Crippen MR) is 110 cm³/mol. The summed E-state index contributed by atoms with van der Waals surface area (Å²) in [5, 5.41) is 27.0. The second-order valence-corrected chi connectivity index (χ2v) is 8.70. The third-order valence-electron chi connectivity index (χ3n) is 6.89. The maximum atomic E-state index is 12.5. The summed E-state index contributed by atoms with van der Waals surface area (Å²) in [5.74, 6) is 0. The van der Waals surface area contributed by atoms with Crippen LogP contribution in [-0.4, -0.2) is 134 Å². The molecule has 4 N–H and O–H groups in total. The van der Waals surface area contributed by atoms with Crippen LogP contribution >= 0.6 is 0 Å². The number of piperidine rings is 1. The fraction of sp³-hybridized carbons (Fsp3) is 0.950. The number of carbonyl (C=O) groups is 1. The van der Waals surface area contributed by atoms with Crippen LogP contribution in [0.15, 0.2) is 0 Å². The van der Waals surface area contributed by atoms with E-state index in [1.54, 1.807) is 4.90 Å². The number of rotatable bonds is 5. The van der Waals surface area contributed by atoms with Gasteiger partial charge in [0.05, 0.1) is 38.1 Å². The molecule has 10 heteroatoms. The van der Waals surface area contributed by atoms with Crippen molar-refractivity contribution in [1.29, 1.82) is 0 Å². The molecule has 4 aliphatic rings. The van der Waals surface area contributed by atoms with Gasteiger partial charge in [-0.15, -0.1) is 0 Å². The largest absolute Gasteiger partial charge is 0.394 e. The number of nitrogens with one attached hydrogen (secondary N) is 2. The van der Waals surface area contributed by atoms with E-state index in [4.69, 9.17) is 9.47 Å². The van der Waals surface area contributed by atoms with Crippen molar-refractivity contribution < 1.29 is 24.5 Å². The number of urea groups is 1. The van der Waals surface area contributed by atoms with E-state index in [0.29, 0.717) is 39.0 Å². The van der Waals surface area contributed by atoms with Gasteiger partial charge in [0.1, 0.15) is 12.2 Å². The summed E-state index contributed by atoms with van der Waals surface area (Å²) in [7, 11) is 0. The average molecular weight is 428 g/mol. The highest BCUT2D eigenvalue weighted by Crippen LogP contribution is 2.27. The first-order valence-electron chi connectivity index (χ1n) is 11.4. The molecule has 172 valence electrons. The minimum absolute atomic E-state index is 0.129. The standard InChI is InChI=1S/C20H37N5O5/c26-14-16-19(27)18(15(30-16)13-22-20(28)25-9-11-29-12-10-25)24-7-5-23(6-8-24)17-3-1-2-4-21-17/h15-19,21,26-27H,1-14H2,(H,22,28). The molecule has 2 amide bonds. The van der Waals surface area contributed by atoms with Crippen LogP contribution in [0.3, 0.4) is 0 Å². The highest BCUT2D eigenvalue weighted by molar-refractivity contribution is 5.74. The van der Waals surface area contributed by atoms with Crippen molar-refractivity contribution >= 4 is 6.03 Å². The van der Waals surface area contributed by atoms with E-state index in [9.17, 15) is 15.0 Å². The van der Waals surface area contributed by atoms with E-state index in [-0.39, 0.29) is 24.8 Å². The number of piperazine rings is 1. The summed E-state index contributed by atoms with van der Waals surface area (Å²) in [6, 6.07) is -0.357. The van der Waals surface area contributed by atoms with Crippen molar-refractivity contribution in [2.75, 3.05) is 72.2 Å². The number of aliphatic hydroxyl groups is 2. The van der Waals surface area contributed by atoms with Gasteiger partial charge in [-0.3, -0.25) is 9.80 Å². The molecule has 0 aromatic rings. The van der Waals surface area contributed by atoms with Crippen molar-refractivity contribution in [3.05, 3.63) is 0 Å². The van der Waals surface area contributed by atoms with Gasteiger partial charge < -0.3 is 35.2 Å². The zero-order chi connectivity index (χ0) is 20.9. The molecule has 0 aromatic heterocycles. The second kappa shape index (κ2) is 10.5. The summed E-state index contributed by atoms with van der Waals surface area (Å²) < 4.78 is 11.2. The van der Waals surface area contributed by atoms with Gasteiger partial charge in [-0.25, -0.2) is 4.79 Å². The first-order valence-corrected chi connectivity index (χ1v) is 11.4. The first-order chi connectivity index (χ1) is 14.7. The maximum absolute atomic E-state index is 12.5. The van der Waals surface area contributed by atoms with Crippen molar-refractivity contribution in [3.63, 3.8) is 0 Å². The molecule has 0 spiro atoms. The third-order valence-corrected chi connectivity index (χ3v) is 6.89. The molecule has 0 aliphatic carbocycles. The lowest BCUT2D eigenvalue weighted by molar-refractivity contribution is -0.0211. The maximum Gasteiger partial charge on any atom is 0.317 e. The van der Waals surface area contributed by atoms with Gasteiger partial charge in [-0.1, -0.05) is 0 Å². The molecule has 10 nitrogen and oxygen atoms in total. The number of carbonyl (C=O) groups excluding carboxylic acids is 1. The van der Waals surface area contributed by atoms with Crippen LogP contribution in [0.5, 0.6) is 0 Å². The zero-order valence-corrected chi connectivity index (χ0v) is 17.7. The number of morpholine rings is 1. The molecule has 30 heavy (non-hydrogen) atoms. The number of hydrogen-bond acceptors (Lipinski definition) is 8. The summed E-state index contributed by atoms with van der Waals surface area (Å²) in [6.07, 6.45) is 2.45. The Balaban J connectivity index is 1.32. The van der Waals surface area contributed by atoms with E-state index in [1.165, 1.54) is 19.3 Å². The highest BCUT2D eigenvalue weighted by Gasteiger charge is 2.47. The Labute approximate surface area is 178 Å². The lowest BCUT2D eigenvalue weighted by atomic mass is 10.0. The van der Waals surface area contributed by atoms with E-state index < -0.39 is 12.2 Å². The Morgan fingerprint density at radius 3 is 2.43 bits per heavy atom. The molecule has 0 aromatic carbocycles. The Morgan fingerprint density at radius 1 is 1.03 bits per heavy atom. The normalized spacial score (nSPS) is 36.7. The fourth-order valence-electron chi connectivity index (χ4n) is 5.15. The number of nitrogens with zero attached hydrogens (tertiary/aromatic N) is 3. The molecule has 0 saturated carbocycles. The van der Waals surface area contributed by atoms with E-state index >= 15 is 0 Å². The quantitative estimate of drug-likeness (QED) is 0.408. The minimum Gasteiger partial charge on any atom is -0.394 e. The minimum atomic E-state index is -0.764. The second-order valence-electron chi connectivity index (χ2n) is 8.70. The highest BCUT2D eigenvalue weighted by atomic mass is 16.5. The summed E-state index contributed by atoms with van der Waals surface area (Å²) in [4.78, 5) is 19.0. The zero-order valence-electron chi connectivity index (χ0n) is 17.7. The van der Waals surface area contributed by atoms with Gasteiger partial charge in [0.15, 0.2) is 0 Å². The molecular weight excluding hydrogens is 390 g/mol. The van der Waals surface area contributed by atoms with E-state index in [2.05, 4.69) is 20.4 Å². The lowest BCUT2D eigenvalue weighted by Gasteiger charge is -2.44. The fourth-order valence-corrected chi connectivity index (χ4v) is 5.15. The molecule has 4 fully saturated rings. The summed E-state index contributed by atoms with van der Waals surface area (Å²) in [5.41, 5.74) is 0. The first kappa shape index (κ1) is 22.2. The number of amides is 2. The molecule has 5 unspecified atom stereocenters. The molecule has 4 saturated heterocycles. The van der Waals surface area contributed by atoms with Gasteiger partial charge in [-0.05, 0) is 25.8 Å². The van der Waals surface area contributed by atoms with E-state index in [0.717, 1.165) is 32.7 Å². The van der Waals surface area contributed by atoms with Crippen molar-refractivity contribution in [1.82, 2.24) is 25.3 Å². The van der Waals surface area contributed by atoms with Crippen LogP contribution in [0, 0.1) is 0 Å². The summed E-state index contributed by atoms with van der Waals surface area (Å²) in [6.45, 7) is 7.03. The molecule has 0 bridgehead atoms. The third kappa shape index (κ3) is 5.07. The molecule has 0 radical (unpaired) electrons.